The summed E-state index contributed by atoms with van der Waals surface area (Å²) in [5, 5.41) is 4.82. The molecule has 0 aromatic heterocycles. The van der Waals surface area contributed by atoms with Crippen molar-refractivity contribution < 1.29 is 18.6 Å². The summed E-state index contributed by atoms with van der Waals surface area (Å²) in [6.07, 6.45) is 0.100. The van der Waals surface area contributed by atoms with E-state index in [9.17, 15) is 4.39 Å². The highest BCUT2D eigenvalue weighted by Gasteiger charge is 2.28. The number of hydrazine groups is 1. The maximum Gasteiger partial charge on any atom is 0.157 e. The van der Waals surface area contributed by atoms with Gasteiger partial charge in [-0.1, -0.05) is 25.4 Å². The summed E-state index contributed by atoms with van der Waals surface area (Å²) in [5.41, 5.74) is 6.55. The Morgan fingerprint density at radius 2 is 2.14 bits per heavy atom. The first-order chi connectivity index (χ1) is 13.3. The van der Waals surface area contributed by atoms with E-state index in [0.717, 1.165) is 5.12 Å². The van der Waals surface area contributed by atoms with E-state index in [1.165, 1.54) is 13.2 Å². The van der Waals surface area contributed by atoms with Crippen molar-refractivity contribution in [3.05, 3.63) is 22.5 Å². The van der Waals surface area contributed by atoms with Crippen LogP contribution in [0.15, 0.2) is 11.2 Å². The first-order valence-corrected chi connectivity index (χ1v) is 9.59. The summed E-state index contributed by atoms with van der Waals surface area (Å²) in [4.78, 5) is 1.94. The van der Waals surface area contributed by atoms with Crippen molar-refractivity contribution in [1.82, 2.24) is 5.12 Å². The third kappa shape index (κ3) is 6.37. The van der Waals surface area contributed by atoms with Gasteiger partial charge in [0.15, 0.2) is 18.4 Å². The molecule has 160 valence electrons. The quantitative estimate of drug-likeness (QED) is 0.219. The molecule has 0 saturated carbocycles. The van der Waals surface area contributed by atoms with Crippen LogP contribution < -0.4 is 21.2 Å². The van der Waals surface area contributed by atoms with Gasteiger partial charge in [-0.25, -0.2) is 15.4 Å². The predicted octanol–water partition coefficient (Wildman–Crippen LogP) is 2.53. The highest BCUT2D eigenvalue weighted by Crippen LogP contribution is 2.40. The lowest BCUT2D eigenvalue weighted by Gasteiger charge is -2.33. The number of halogens is 2. The number of hydrogen-bond acceptors (Lipinski definition) is 7. The molecule has 0 aliphatic carbocycles. The SMILES string of the molecule is CC.COCN(N)/N=C(\N)c1c(F)c(Cl)cc2c1N(CCOC(C)C)CCO2. The van der Waals surface area contributed by atoms with E-state index in [2.05, 4.69) is 5.10 Å². The second-order valence-corrected chi connectivity index (χ2v) is 6.40. The van der Waals surface area contributed by atoms with Crippen LogP contribution in [0.25, 0.3) is 0 Å². The number of amidine groups is 1. The molecule has 1 aliphatic rings. The Kier molecular flexibility index (Phi) is 10.3. The zero-order valence-electron chi connectivity index (χ0n) is 17.2. The largest absolute Gasteiger partial charge is 0.489 e. The summed E-state index contributed by atoms with van der Waals surface area (Å²) in [5.74, 6) is 5.29. The normalized spacial score (nSPS) is 13.6. The number of nitrogens with zero attached hydrogens (tertiary/aromatic N) is 3. The van der Waals surface area contributed by atoms with Crippen molar-refractivity contribution in [3.8, 4) is 5.75 Å². The second kappa shape index (κ2) is 11.9. The van der Waals surface area contributed by atoms with Crippen molar-refractivity contribution in [2.24, 2.45) is 16.7 Å². The van der Waals surface area contributed by atoms with E-state index < -0.39 is 5.82 Å². The number of methoxy groups -OCH3 is 1. The number of ether oxygens (including phenoxy) is 3. The summed E-state index contributed by atoms with van der Waals surface area (Å²) in [7, 11) is 1.46. The molecular weight excluding hydrogens is 389 g/mol. The Hall–Kier alpha value is -1.81. The molecule has 0 bridgehead atoms. The third-order valence-electron chi connectivity index (χ3n) is 3.66. The van der Waals surface area contributed by atoms with Gasteiger partial charge in [0, 0.05) is 19.7 Å². The van der Waals surface area contributed by atoms with Gasteiger partial charge in [-0.2, -0.15) is 0 Å². The van der Waals surface area contributed by atoms with E-state index in [0.29, 0.717) is 37.7 Å². The van der Waals surface area contributed by atoms with Crippen molar-refractivity contribution in [2.75, 3.05) is 45.0 Å². The molecule has 1 aromatic carbocycles. The minimum Gasteiger partial charge on any atom is -0.489 e. The fourth-order valence-electron chi connectivity index (χ4n) is 2.60. The van der Waals surface area contributed by atoms with Gasteiger partial charge in [0.25, 0.3) is 0 Å². The first kappa shape index (κ1) is 24.2. The lowest BCUT2D eigenvalue weighted by atomic mass is 10.1. The van der Waals surface area contributed by atoms with Crippen LogP contribution in [0, 0.1) is 5.82 Å². The van der Waals surface area contributed by atoms with Gasteiger partial charge in [-0.05, 0) is 13.8 Å². The van der Waals surface area contributed by atoms with Crippen molar-refractivity contribution in [2.45, 2.75) is 33.8 Å². The van der Waals surface area contributed by atoms with E-state index in [1.807, 2.05) is 32.6 Å². The number of hydrazone groups is 1. The van der Waals surface area contributed by atoms with Crippen LogP contribution in [0.4, 0.5) is 10.1 Å². The van der Waals surface area contributed by atoms with Crippen LogP contribution in [0.5, 0.6) is 5.75 Å². The molecule has 0 atom stereocenters. The fourth-order valence-corrected chi connectivity index (χ4v) is 2.79. The Bertz CT molecular complexity index is 661. The highest BCUT2D eigenvalue weighted by atomic mass is 35.5. The highest BCUT2D eigenvalue weighted by molar-refractivity contribution is 6.31. The van der Waals surface area contributed by atoms with Gasteiger partial charge < -0.3 is 24.8 Å². The Morgan fingerprint density at radius 3 is 2.75 bits per heavy atom. The Morgan fingerprint density at radius 1 is 1.46 bits per heavy atom. The number of fused-ring (bicyclic) bond motifs is 1. The Balaban J connectivity index is 0.00000190. The van der Waals surface area contributed by atoms with Gasteiger partial charge >= 0.3 is 0 Å². The third-order valence-corrected chi connectivity index (χ3v) is 3.93. The molecule has 0 saturated heterocycles. The summed E-state index contributed by atoms with van der Waals surface area (Å²) < 4.78 is 30.9. The number of hydrogen-bond donors (Lipinski definition) is 2. The maximum atomic E-state index is 14.8. The standard InChI is InChI=1S/C16H25ClFN5O3.C2H6/c1-10(2)25-6-4-22-5-7-26-12-8-11(17)14(18)13(15(12)22)16(19)21-23(20)9-24-3;1-2/h8,10H,4-7,9,20H2,1-3H3,(H2,19,21);1-2H3. The summed E-state index contributed by atoms with van der Waals surface area (Å²) in [6, 6.07) is 1.44. The lowest BCUT2D eigenvalue weighted by molar-refractivity contribution is 0.0656. The van der Waals surface area contributed by atoms with Crippen LogP contribution in [-0.4, -0.2) is 57.2 Å². The Labute approximate surface area is 171 Å². The fraction of sp³-hybridized carbons (Fsp3) is 0.611. The average Bonchev–Trinajstić information content (AvgIpc) is 2.64. The molecular formula is C18H31ClFN5O3. The molecule has 1 heterocycles. The van der Waals surface area contributed by atoms with Crippen molar-refractivity contribution >= 4 is 23.1 Å². The molecule has 10 heteroatoms. The van der Waals surface area contributed by atoms with Crippen LogP contribution >= 0.6 is 11.6 Å². The molecule has 8 nitrogen and oxygen atoms in total. The monoisotopic (exact) mass is 419 g/mol. The molecule has 0 spiro atoms. The van der Waals surface area contributed by atoms with Crippen LogP contribution in [-0.2, 0) is 9.47 Å². The van der Waals surface area contributed by atoms with Crippen LogP contribution in [0.2, 0.25) is 5.02 Å². The van der Waals surface area contributed by atoms with E-state index in [1.54, 1.807) is 0 Å². The van der Waals surface area contributed by atoms with Crippen molar-refractivity contribution in [1.29, 1.82) is 0 Å². The number of anilines is 1. The molecule has 1 aromatic rings. The first-order valence-electron chi connectivity index (χ1n) is 9.22. The minimum absolute atomic E-state index is 0.00643. The van der Waals surface area contributed by atoms with E-state index >= 15 is 0 Å². The smallest absolute Gasteiger partial charge is 0.157 e. The predicted molar refractivity (Wildman–Crippen MR) is 110 cm³/mol. The van der Waals surface area contributed by atoms with E-state index in [-0.39, 0.29) is 29.3 Å². The van der Waals surface area contributed by atoms with E-state index in [4.69, 9.17) is 37.4 Å². The number of benzene rings is 1. The van der Waals surface area contributed by atoms with Crippen molar-refractivity contribution in [3.63, 3.8) is 0 Å². The summed E-state index contributed by atoms with van der Waals surface area (Å²) >= 11 is 6.01. The van der Waals surface area contributed by atoms with Gasteiger partial charge in [0.05, 0.1) is 35.5 Å². The number of rotatable bonds is 8. The van der Waals surface area contributed by atoms with Gasteiger partial charge in [0.1, 0.15) is 12.4 Å². The topological polar surface area (TPSA) is 98.6 Å². The van der Waals surface area contributed by atoms with Gasteiger partial charge in [-0.3, -0.25) is 0 Å². The maximum absolute atomic E-state index is 14.8. The minimum atomic E-state index is -0.683. The second-order valence-electron chi connectivity index (χ2n) is 5.99. The summed E-state index contributed by atoms with van der Waals surface area (Å²) in [6.45, 7) is 9.92. The molecule has 28 heavy (non-hydrogen) atoms. The molecule has 0 unspecified atom stereocenters. The molecule has 0 amide bonds. The molecule has 0 fully saturated rings. The molecule has 1 aliphatic heterocycles. The molecule has 4 N–H and O–H groups in total. The molecule has 2 rings (SSSR count). The zero-order valence-corrected chi connectivity index (χ0v) is 17.9. The van der Waals surface area contributed by atoms with Gasteiger partial charge in [0.2, 0.25) is 0 Å². The lowest BCUT2D eigenvalue weighted by Crippen LogP contribution is -2.38. The van der Waals surface area contributed by atoms with Crippen LogP contribution in [0.1, 0.15) is 33.3 Å². The molecule has 0 radical (unpaired) electrons. The average molecular weight is 420 g/mol. The zero-order chi connectivity index (χ0) is 21.3. The van der Waals surface area contributed by atoms with Gasteiger partial charge in [-0.15, -0.1) is 5.10 Å². The van der Waals surface area contributed by atoms with Crippen LogP contribution in [0.3, 0.4) is 0 Å². The number of nitrogens with two attached hydrogens (primary N) is 2.